The largest absolute Gasteiger partial charge is 0.454 e. The summed E-state index contributed by atoms with van der Waals surface area (Å²) in [6.07, 6.45) is 0. The van der Waals surface area contributed by atoms with E-state index in [1.807, 2.05) is 31.4 Å². The van der Waals surface area contributed by atoms with Crippen molar-refractivity contribution in [2.45, 2.75) is 33.9 Å². The first-order valence-corrected chi connectivity index (χ1v) is 9.15. The summed E-state index contributed by atoms with van der Waals surface area (Å²) in [7, 11) is 1.64. The fraction of sp³-hybridized carbons (Fsp3) is 0.400. The number of carbonyl (C=O) groups is 2. The molecule has 1 aromatic carbocycles. The standard InChI is InChI=1S/C20H24N4O4/c1-5-24-18-7-6-15(11-17(18)21-22-24)20(26)28-12-19(25)16-10-13(2)23(14(16)3)8-9-27-4/h6-7,10-11H,5,8-9,12H2,1-4H3. The summed E-state index contributed by atoms with van der Waals surface area (Å²) < 4.78 is 14.1. The first-order valence-electron chi connectivity index (χ1n) is 9.15. The predicted octanol–water partition coefficient (Wildman–Crippen LogP) is 2.56. The lowest BCUT2D eigenvalue weighted by Crippen LogP contribution is -2.15. The molecule has 0 spiro atoms. The van der Waals surface area contributed by atoms with Gasteiger partial charge in [-0.25, -0.2) is 9.48 Å². The van der Waals surface area contributed by atoms with Crippen molar-refractivity contribution < 1.29 is 19.1 Å². The van der Waals surface area contributed by atoms with E-state index in [-0.39, 0.29) is 12.4 Å². The minimum atomic E-state index is -0.561. The quantitative estimate of drug-likeness (QED) is 0.438. The van der Waals surface area contributed by atoms with E-state index in [0.717, 1.165) is 16.9 Å². The van der Waals surface area contributed by atoms with Crippen LogP contribution < -0.4 is 0 Å². The Balaban J connectivity index is 1.68. The fourth-order valence-electron chi connectivity index (χ4n) is 3.23. The number of fused-ring (bicyclic) bond motifs is 1. The third-order valence-corrected chi connectivity index (χ3v) is 4.78. The average Bonchev–Trinajstić information content (AvgIpc) is 3.24. The van der Waals surface area contributed by atoms with Gasteiger partial charge >= 0.3 is 5.97 Å². The van der Waals surface area contributed by atoms with Crippen LogP contribution in [0.1, 0.15) is 39.0 Å². The number of benzene rings is 1. The van der Waals surface area contributed by atoms with E-state index in [4.69, 9.17) is 9.47 Å². The zero-order chi connectivity index (χ0) is 20.3. The number of hydrogen-bond donors (Lipinski definition) is 0. The molecule has 2 heterocycles. The second-order valence-corrected chi connectivity index (χ2v) is 6.54. The Morgan fingerprint density at radius 3 is 2.68 bits per heavy atom. The molecule has 0 aliphatic carbocycles. The Kier molecular flexibility index (Phi) is 5.89. The highest BCUT2D eigenvalue weighted by atomic mass is 16.5. The van der Waals surface area contributed by atoms with Gasteiger partial charge in [0.2, 0.25) is 5.78 Å². The average molecular weight is 384 g/mol. The number of ether oxygens (including phenoxy) is 2. The second-order valence-electron chi connectivity index (χ2n) is 6.54. The van der Waals surface area contributed by atoms with E-state index in [2.05, 4.69) is 10.3 Å². The molecule has 28 heavy (non-hydrogen) atoms. The van der Waals surface area contributed by atoms with Crippen LogP contribution in [0.5, 0.6) is 0 Å². The molecule has 0 fully saturated rings. The number of nitrogens with zero attached hydrogens (tertiary/aromatic N) is 4. The van der Waals surface area contributed by atoms with Gasteiger partial charge in [-0.05, 0) is 45.0 Å². The van der Waals surface area contributed by atoms with E-state index in [9.17, 15) is 9.59 Å². The SMILES string of the molecule is CCn1nnc2cc(C(=O)OCC(=O)c3cc(C)n(CCOC)c3C)ccc21. The van der Waals surface area contributed by atoms with Gasteiger partial charge < -0.3 is 14.0 Å². The zero-order valence-corrected chi connectivity index (χ0v) is 16.6. The number of rotatable bonds is 8. The Hall–Kier alpha value is -3.00. The van der Waals surface area contributed by atoms with E-state index in [1.54, 1.807) is 30.0 Å². The molecule has 0 radical (unpaired) electrons. The maximum Gasteiger partial charge on any atom is 0.338 e. The summed E-state index contributed by atoms with van der Waals surface area (Å²) in [5.74, 6) is -0.794. The molecule has 0 unspecified atom stereocenters. The smallest absolute Gasteiger partial charge is 0.338 e. The predicted molar refractivity (Wildman–Crippen MR) is 104 cm³/mol. The third-order valence-electron chi connectivity index (χ3n) is 4.78. The van der Waals surface area contributed by atoms with Gasteiger partial charge in [0.1, 0.15) is 5.52 Å². The van der Waals surface area contributed by atoms with Crippen molar-refractivity contribution in [2.75, 3.05) is 20.3 Å². The van der Waals surface area contributed by atoms with Crippen LogP contribution in [0.4, 0.5) is 0 Å². The van der Waals surface area contributed by atoms with Crippen LogP contribution >= 0.6 is 0 Å². The molecular formula is C20H24N4O4. The highest BCUT2D eigenvalue weighted by Gasteiger charge is 2.18. The molecule has 3 aromatic rings. The van der Waals surface area contributed by atoms with Crippen LogP contribution in [0.3, 0.4) is 0 Å². The fourth-order valence-corrected chi connectivity index (χ4v) is 3.23. The molecule has 0 saturated heterocycles. The lowest BCUT2D eigenvalue weighted by atomic mass is 10.1. The number of hydrogen-bond acceptors (Lipinski definition) is 6. The number of esters is 1. The molecule has 8 nitrogen and oxygen atoms in total. The van der Waals surface area contributed by atoms with Gasteiger partial charge in [-0.1, -0.05) is 5.21 Å². The first-order chi connectivity index (χ1) is 13.5. The molecule has 0 amide bonds. The van der Waals surface area contributed by atoms with Crippen molar-refractivity contribution in [1.82, 2.24) is 19.6 Å². The lowest BCUT2D eigenvalue weighted by molar-refractivity contribution is 0.0474. The molecule has 0 N–H and O–H groups in total. The number of carbonyl (C=O) groups excluding carboxylic acids is 2. The van der Waals surface area contributed by atoms with Gasteiger partial charge in [0.15, 0.2) is 6.61 Å². The van der Waals surface area contributed by atoms with Gasteiger partial charge in [0, 0.05) is 37.2 Å². The van der Waals surface area contributed by atoms with Crippen LogP contribution in [-0.2, 0) is 22.6 Å². The van der Waals surface area contributed by atoms with Crippen molar-refractivity contribution in [3.8, 4) is 0 Å². The molecule has 3 rings (SSSR count). The number of methoxy groups -OCH3 is 1. The van der Waals surface area contributed by atoms with Crippen LogP contribution in [0.25, 0.3) is 11.0 Å². The highest BCUT2D eigenvalue weighted by molar-refractivity contribution is 6.01. The molecule has 2 aromatic heterocycles. The molecule has 0 aliphatic heterocycles. The monoisotopic (exact) mass is 384 g/mol. The van der Waals surface area contributed by atoms with E-state index >= 15 is 0 Å². The normalized spacial score (nSPS) is 11.1. The number of aromatic nitrogens is 4. The van der Waals surface area contributed by atoms with Gasteiger partial charge in [-0.15, -0.1) is 5.10 Å². The summed E-state index contributed by atoms with van der Waals surface area (Å²) in [6.45, 7) is 7.38. The molecule has 0 bridgehead atoms. The third kappa shape index (κ3) is 3.82. The minimum absolute atomic E-state index is 0.233. The molecular weight excluding hydrogens is 360 g/mol. The van der Waals surface area contributed by atoms with Crippen LogP contribution in [0.15, 0.2) is 24.3 Å². The summed E-state index contributed by atoms with van der Waals surface area (Å²) in [6, 6.07) is 6.87. The number of ketones is 1. The topological polar surface area (TPSA) is 88.2 Å². The second kappa shape index (κ2) is 8.35. The number of Topliss-reactive ketones (excluding diaryl/α,β-unsaturated/α-hetero) is 1. The summed E-state index contributed by atoms with van der Waals surface area (Å²) in [5.41, 5.74) is 4.17. The summed E-state index contributed by atoms with van der Waals surface area (Å²) in [5, 5.41) is 8.07. The number of aryl methyl sites for hydroxylation is 2. The van der Waals surface area contributed by atoms with E-state index in [0.29, 0.717) is 36.3 Å². The van der Waals surface area contributed by atoms with Gasteiger partial charge in [0.25, 0.3) is 0 Å². The van der Waals surface area contributed by atoms with Crippen molar-refractivity contribution in [2.24, 2.45) is 0 Å². The lowest BCUT2D eigenvalue weighted by Gasteiger charge is -2.09. The van der Waals surface area contributed by atoms with Gasteiger partial charge in [-0.2, -0.15) is 0 Å². The minimum Gasteiger partial charge on any atom is -0.454 e. The Bertz CT molecular complexity index is 1020. The van der Waals surface area contributed by atoms with E-state index < -0.39 is 5.97 Å². The Labute approximate surface area is 163 Å². The zero-order valence-electron chi connectivity index (χ0n) is 16.6. The molecule has 0 saturated carbocycles. The maximum atomic E-state index is 12.5. The Morgan fingerprint density at radius 1 is 1.18 bits per heavy atom. The van der Waals surface area contributed by atoms with E-state index in [1.165, 1.54) is 0 Å². The van der Waals surface area contributed by atoms with Gasteiger partial charge in [0.05, 0.1) is 17.7 Å². The molecule has 0 aliphatic rings. The van der Waals surface area contributed by atoms with Crippen LogP contribution in [0.2, 0.25) is 0 Å². The van der Waals surface area contributed by atoms with Crippen molar-refractivity contribution in [1.29, 1.82) is 0 Å². The summed E-state index contributed by atoms with van der Waals surface area (Å²) in [4.78, 5) is 24.9. The van der Waals surface area contributed by atoms with Crippen LogP contribution in [-0.4, -0.2) is 51.6 Å². The first kappa shape index (κ1) is 19.8. The van der Waals surface area contributed by atoms with Crippen molar-refractivity contribution in [3.63, 3.8) is 0 Å². The maximum absolute atomic E-state index is 12.5. The molecule has 0 atom stereocenters. The van der Waals surface area contributed by atoms with Crippen LogP contribution in [0, 0.1) is 13.8 Å². The summed E-state index contributed by atoms with van der Waals surface area (Å²) >= 11 is 0. The highest BCUT2D eigenvalue weighted by Crippen LogP contribution is 2.17. The van der Waals surface area contributed by atoms with Crippen molar-refractivity contribution in [3.05, 3.63) is 46.8 Å². The molecule has 148 valence electrons. The Morgan fingerprint density at radius 2 is 1.96 bits per heavy atom. The van der Waals surface area contributed by atoms with Crippen molar-refractivity contribution >= 4 is 22.8 Å². The molecule has 8 heteroatoms. The van der Waals surface area contributed by atoms with Gasteiger partial charge in [-0.3, -0.25) is 4.79 Å².